The van der Waals surface area contributed by atoms with Crippen LogP contribution in [0.15, 0.2) is 28.7 Å². The summed E-state index contributed by atoms with van der Waals surface area (Å²) in [4.78, 5) is 2.23. The standard InChI is InChI=1S/C18H28N2O/c1-12(2)16(11-20(5)6)19-14(4)18-13(3)15-9-7-8-10-17(15)21-18/h7-10,12,14,16,19H,11H2,1-6H3. The van der Waals surface area contributed by atoms with E-state index in [0.717, 1.165) is 17.9 Å². The van der Waals surface area contributed by atoms with Crippen molar-refractivity contribution in [2.75, 3.05) is 20.6 Å². The molecule has 3 heteroatoms. The van der Waals surface area contributed by atoms with Crippen LogP contribution in [0.2, 0.25) is 0 Å². The minimum atomic E-state index is 0.213. The molecule has 0 saturated heterocycles. The fourth-order valence-electron chi connectivity index (χ4n) is 2.85. The predicted octanol–water partition coefficient (Wildman–Crippen LogP) is 3.98. The van der Waals surface area contributed by atoms with Crippen LogP contribution in [0.5, 0.6) is 0 Å². The second kappa shape index (κ2) is 6.63. The molecule has 0 bridgehead atoms. The van der Waals surface area contributed by atoms with Crippen molar-refractivity contribution in [3.8, 4) is 0 Å². The summed E-state index contributed by atoms with van der Waals surface area (Å²) in [6, 6.07) is 8.92. The SMILES string of the molecule is Cc1c(C(C)NC(CN(C)C)C(C)C)oc2ccccc12. The number of hydrogen-bond donors (Lipinski definition) is 1. The van der Waals surface area contributed by atoms with Gasteiger partial charge in [-0.25, -0.2) is 0 Å². The summed E-state index contributed by atoms with van der Waals surface area (Å²) in [7, 11) is 4.24. The van der Waals surface area contributed by atoms with Crippen molar-refractivity contribution in [3.05, 3.63) is 35.6 Å². The molecule has 1 aromatic carbocycles. The number of hydrogen-bond acceptors (Lipinski definition) is 3. The molecule has 0 saturated carbocycles. The third-order valence-electron chi connectivity index (χ3n) is 4.10. The Kier molecular flexibility index (Phi) is 5.07. The Hall–Kier alpha value is -1.32. The lowest BCUT2D eigenvalue weighted by Crippen LogP contribution is -2.43. The highest BCUT2D eigenvalue weighted by atomic mass is 16.3. The Morgan fingerprint density at radius 1 is 1.14 bits per heavy atom. The molecule has 0 spiro atoms. The van der Waals surface area contributed by atoms with Gasteiger partial charge in [0.2, 0.25) is 0 Å². The van der Waals surface area contributed by atoms with E-state index in [0.29, 0.717) is 12.0 Å². The largest absolute Gasteiger partial charge is 0.459 e. The van der Waals surface area contributed by atoms with E-state index in [1.165, 1.54) is 10.9 Å². The molecule has 2 rings (SSSR count). The van der Waals surface area contributed by atoms with Crippen LogP contribution in [0.1, 0.15) is 38.1 Å². The second-order valence-corrected chi connectivity index (χ2v) is 6.59. The monoisotopic (exact) mass is 288 g/mol. The van der Waals surface area contributed by atoms with Gasteiger partial charge in [0.05, 0.1) is 6.04 Å². The maximum Gasteiger partial charge on any atom is 0.134 e. The van der Waals surface area contributed by atoms with E-state index in [1.807, 2.05) is 12.1 Å². The van der Waals surface area contributed by atoms with E-state index >= 15 is 0 Å². The predicted molar refractivity (Wildman–Crippen MR) is 89.7 cm³/mol. The number of para-hydroxylation sites is 1. The van der Waals surface area contributed by atoms with Crippen LogP contribution in [-0.4, -0.2) is 31.6 Å². The minimum absolute atomic E-state index is 0.213. The first-order valence-corrected chi connectivity index (χ1v) is 7.79. The molecule has 0 aliphatic rings. The number of nitrogens with zero attached hydrogens (tertiary/aromatic N) is 1. The van der Waals surface area contributed by atoms with Crippen molar-refractivity contribution >= 4 is 11.0 Å². The average molecular weight is 288 g/mol. The van der Waals surface area contributed by atoms with E-state index in [1.54, 1.807) is 0 Å². The third kappa shape index (κ3) is 3.66. The summed E-state index contributed by atoms with van der Waals surface area (Å²) in [6.07, 6.45) is 0. The number of aryl methyl sites for hydroxylation is 1. The lowest BCUT2D eigenvalue weighted by Gasteiger charge is -2.28. The minimum Gasteiger partial charge on any atom is -0.459 e. The van der Waals surface area contributed by atoms with Gasteiger partial charge in [-0.2, -0.15) is 0 Å². The molecule has 1 aromatic heterocycles. The molecule has 2 aromatic rings. The highest BCUT2D eigenvalue weighted by Crippen LogP contribution is 2.29. The summed E-state index contributed by atoms with van der Waals surface area (Å²) in [5.41, 5.74) is 2.23. The molecule has 0 fully saturated rings. The molecule has 0 radical (unpaired) electrons. The Morgan fingerprint density at radius 3 is 2.38 bits per heavy atom. The quantitative estimate of drug-likeness (QED) is 0.871. The van der Waals surface area contributed by atoms with E-state index in [-0.39, 0.29) is 6.04 Å². The maximum atomic E-state index is 6.07. The fraction of sp³-hybridized carbons (Fsp3) is 0.556. The van der Waals surface area contributed by atoms with Gasteiger partial charge in [-0.3, -0.25) is 0 Å². The molecule has 3 nitrogen and oxygen atoms in total. The molecule has 21 heavy (non-hydrogen) atoms. The van der Waals surface area contributed by atoms with Crippen molar-refractivity contribution in [2.24, 2.45) is 5.92 Å². The number of nitrogens with one attached hydrogen (secondary N) is 1. The zero-order valence-corrected chi connectivity index (χ0v) is 14.1. The summed E-state index contributed by atoms with van der Waals surface area (Å²) < 4.78 is 6.07. The molecule has 1 heterocycles. The van der Waals surface area contributed by atoms with Gasteiger partial charge >= 0.3 is 0 Å². The first-order chi connectivity index (χ1) is 9.90. The maximum absolute atomic E-state index is 6.07. The number of fused-ring (bicyclic) bond motifs is 1. The summed E-state index contributed by atoms with van der Waals surface area (Å²) in [5.74, 6) is 1.64. The van der Waals surface area contributed by atoms with Crippen LogP contribution >= 0.6 is 0 Å². The number of rotatable bonds is 6. The Bertz CT molecular complexity index is 586. The van der Waals surface area contributed by atoms with Gasteiger partial charge in [0.15, 0.2) is 0 Å². The molecule has 0 amide bonds. The highest BCUT2D eigenvalue weighted by molar-refractivity contribution is 5.82. The highest BCUT2D eigenvalue weighted by Gasteiger charge is 2.21. The Labute approximate surface area is 128 Å². The topological polar surface area (TPSA) is 28.4 Å². The van der Waals surface area contributed by atoms with E-state index in [9.17, 15) is 0 Å². The average Bonchev–Trinajstić information content (AvgIpc) is 2.75. The van der Waals surface area contributed by atoms with Gasteiger partial charge in [-0.05, 0) is 45.5 Å². The van der Waals surface area contributed by atoms with E-state index < -0.39 is 0 Å². The molecule has 2 atom stereocenters. The zero-order chi connectivity index (χ0) is 15.6. The smallest absolute Gasteiger partial charge is 0.134 e. The molecule has 116 valence electrons. The summed E-state index contributed by atoms with van der Waals surface area (Å²) in [6.45, 7) is 9.89. The first kappa shape index (κ1) is 16.1. The normalized spacial score (nSPS) is 15.0. The molecular weight excluding hydrogens is 260 g/mol. The lowest BCUT2D eigenvalue weighted by molar-refractivity contribution is 0.264. The van der Waals surface area contributed by atoms with Gasteiger partial charge in [0, 0.05) is 18.0 Å². The van der Waals surface area contributed by atoms with Gasteiger partial charge in [0.25, 0.3) is 0 Å². The molecular formula is C18H28N2O. The van der Waals surface area contributed by atoms with Gasteiger partial charge in [-0.15, -0.1) is 0 Å². The van der Waals surface area contributed by atoms with Gasteiger partial charge in [0.1, 0.15) is 11.3 Å². The van der Waals surface area contributed by atoms with Crippen LogP contribution < -0.4 is 5.32 Å². The fourth-order valence-corrected chi connectivity index (χ4v) is 2.85. The van der Waals surface area contributed by atoms with Gasteiger partial charge < -0.3 is 14.6 Å². The van der Waals surface area contributed by atoms with Crippen LogP contribution in [0.4, 0.5) is 0 Å². The number of likely N-dealkylation sites (N-methyl/N-ethyl adjacent to an activating group) is 1. The van der Waals surface area contributed by atoms with Crippen LogP contribution in [0.3, 0.4) is 0 Å². The van der Waals surface area contributed by atoms with Crippen LogP contribution in [-0.2, 0) is 0 Å². The molecule has 1 N–H and O–H groups in total. The zero-order valence-electron chi connectivity index (χ0n) is 14.1. The first-order valence-electron chi connectivity index (χ1n) is 7.79. The van der Waals surface area contributed by atoms with Crippen molar-refractivity contribution in [1.29, 1.82) is 0 Å². The van der Waals surface area contributed by atoms with Crippen molar-refractivity contribution in [1.82, 2.24) is 10.2 Å². The molecule has 0 aliphatic heterocycles. The summed E-state index contributed by atoms with van der Waals surface area (Å²) in [5, 5.41) is 4.95. The molecule has 0 aliphatic carbocycles. The van der Waals surface area contributed by atoms with Crippen molar-refractivity contribution < 1.29 is 4.42 Å². The Balaban J connectivity index is 2.21. The van der Waals surface area contributed by atoms with Crippen molar-refractivity contribution in [3.63, 3.8) is 0 Å². The van der Waals surface area contributed by atoms with Crippen LogP contribution in [0, 0.1) is 12.8 Å². The van der Waals surface area contributed by atoms with Gasteiger partial charge in [-0.1, -0.05) is 32.0 Å². The lowest BCUT2D eigenvalue weighted by atomic mass is 10.0. The van der Waals surface area contributed by atoms with Crippen LogP contribution in [0.25, 0.3) is 11.0 Å². The second-order valence-electron chi connectivity index (χ2n) is 6.59. The Morgan fingerprint density at radius 2 is 1.81 bits per heavy atom. The third-order valence-corrected chi connectivity index (χ3v) is 4.10. The summed E-state index contributed by atoms with van der Waals surface area (Å²) >= 11 is 0. The van der Waals surface area contributed by atoms with E-state index in [2.05, 4.69) is 64.1 Å². The number of benzene rings is 1. The van der Waals surface area contributed by atoms with E-state index in [4.69, 9.17) is 4.42 Å². The molecule has 2 unspecified atom stereocenters. The van der Waals surface area contributed by atoms with Crippen molar-refractivity contribution in [2.45, 2.75) is 39.8 Å². The number of furan rings is 1.